The predicted molar refractivity (Wildman–Crippen MR) is 148 cm³/mol. The molecule has 1 unspecified atom stereocenters. The van der Waals surface area contributed by atoms with E-state index in [0.29, 0.717) is 41.5 Å². The molecule has 0 spiro atoms. The number of halogens is 1. The maximum absolute atomic E-state index is 12.9. The third kappa shape index (κ3) is 5.58. The molecule has 1 atom stereocenters. The maximum atomic E-state index is 12.9. The van der Waals surface area contributed by atoms with Crippen molar-refractivity contribution in [1.82, 2.24) is 29.6 Å². The smallest absolute Gasteiger partial charge is 0.261 e. The first-order valence-corrected chi connectivity index (χ1v) is 13.2. The Kier molecular flexibility index (Phi) is 7.64. The first kappa shape index (κ1) is 25.5. The van der Waals surface area contributed by atoms with Crippen molar-refractivity contribution in [1.29, 1.82) is 0 Å². The van der Waals surface area contributed by atoms with Crippen LogP contribution in [0.5, 0.6) is 0 Å². The Bertz CT molecular complexity index is 1420. The number of rotatable bonds is 9. The lowest BCUT2D eigenvalue weighted by Gasteiger charge is -2.36. The fourth-order valence-electron chi connectivity index (χ4n) is 5.32. The number of hydrogen-bond acceptors (Lipinski definition) is 6. The van der Waals surface area contributed by atoms with E-state index in [1.807, 2.05) is 6.07 Å². The van der Waals surface area contributed by atoms with Crippen molar-refractivity contribution in [2.75, 3.05) is 38.7 Å². The minimum Gasteiger partial charge on any atom is -0.383 e. The standard InChI is InChI=1S/C27H34ClN7O2/c1-17-12-20(19-5-9-34(10-6-19)18(2)16-37-3)13-23-25(17)33-26(32-23)24-22(4-7-30-27(24)36)29-8-11-35-15-21(28)14-31-35/h4,7,12-15,18-19H,5-6,8-11,16H2,1-3H3,(H,32,33)(H2,29,30,36). The molecule has 37 heavy (non-hydrogen) atoms. The van der Waals surface area contributed by atoms with E-state index in [1.54, 1.807) is 30.4 Å². The molecule has 0 radical (unpaired) electrons. The van der Waals surface area contributed by atoms with Crippen LogP contribution in [0.15, 0.2) is 41.6 Å². The zero-order valence-electron chi connectivity index (χ0n) is 21.6. The second-order valence-corrected chi connectivity index (χ2v) is 10.3. The molecule has 1 fully saturated rings. The number of ether oxygens (including phenoxy) is 1. The van der Waals surface area contributed by atoms with E-state index in [2.05, 4.69) is 51.3 Å². The van der Waals surface area contributed by atoms with Gasteiger partial charge in [0.05, 0.1) is 41.1 Å². The van der Waals surface area contributed by atoms with Crippen LogP contribution in [0.2, 0.25) is 5.02 Å². The zero-order chi connectivity index (χ0) is 25.9. The Morgan fingerprint density at radius 2 is 2.11 bits per heavy atom. The molecule has 10 heteroatoms. The van der Waals surface area contributed by atoms with Gasteiger partial charge in [-0.2, -0.15) is 5.10 Å². The lowest BCUT2D eigenvalue weighted by Crippen LogP contribution is -2.41. The number of piperidine rings is 1. The SMILES string of the molecule is COCC(C)N1CCC(c2cc(C)c3nc(-c4c(NCCn5cc(Cl)cn5)cc[nH]c4=O)[nH]c3c2)CC1. The molecule has 0 bridgehead atoms. The van der Waals surface area contributed by atoms with Crippen LogP contribution in [0.1, 0.15) is 36.8 Å². The van der Waals surface area contributed by atoms with Gasteiger partial charge in [0.1, 0.15) is 11.4 Å². The number of anilines is 1. The molecule has 1 aromatic carbocycles. The highest BCUT2D eigenvalue weighted by molar-refractivity contribution is 6.30. The Morgan fingerprint density at radius 3 is 2.84 bits per heavy atom. The van der Waals surface area contributed by atoms with Gasteiger partial charge in [-0.15, -0.1) is 0 Å². The number of aryl methyl sites for hydroxylation is 1. The van der Waals surface area contributed by atoms with Gasteiger partial charge in [0, 0.05) is 32.1 Å². The molecule has 1 saturated heterocycles. The van der Waals surface area contributed by atoms with Crippen molar-refractivity contribution in [3.63, 3.8) is 0 Å². The lowest BCUT2D eigenvalue weighted by molar-refractivity contribution is 0.0819. The van der Waals surface area contributed by atoms with Gasteiger partial charge in [-0.05, 0) is 69.0 Å². The van der Waals surface area contributed by atoms with Gasteiger partial charge in [0.15, 0.2) is 0 Å². The molecule has 9 nitrogen and oxygen atoms in total. The number of pyridine rings is 1. The number of H-pyrrole nitrogens is 2. The van der Waals surface area contributed by atoms with E-state index in [-0.39, 0.29) is 5.56 Å². The van der Waals surface area contributed by atoms with Crippen molar-refractivity contribution in [3.8, 4) is 11.4 Å². The van der Waals surface area contributed by atoms with Crippen molar-refractivity contribution in [2.24, 2.45) is 0 Å². The number of aromatic nitrogens is 5. The molecule has 3 N–H and O–H groups in total. The lowest BCUT2D eigenvalue weighted by atomic mass is 9.88. The highest BCUT2D eigenvalue weighted by Gasteiger charge is 2.25. The Hall–Kier alpha value is -3.14. The number of likely N-dealkylation sites (tertiary alicyclic amines) is 1. The molecule has 0 aliphatic carbocycles. The monoisotopic (exact) mass is 523 g/mol. The third-order valence-corrected chi connectivity index (χ3v) is 7.48. The highest BCUT2D eigenvalue weighted by Crippen LogP contribution is 2.33. The van der Waals surface area contributed by atoms with E-state index in [1.165, 1.54) is 5.56 Å². The van der Waals surface area contributed by atoms with E-state index < -0.39 is 0 Å². The van der Waals surface area contributed by atoms with Crippen molar-refractivity contribution >= 4 is 28.3 Å². The summed E-state index contributed by atoms with van der Waals surface area (Å²) in [6.45, 7) is 8.42. The number of hydrogen-bond donors (Lipinski definition) is 3. The molecule has 1 aliphatic rings. The van der Waals surface area contributed by atoms with Gasteiger partial charge < -0.3 is 20.0 Å². The summed E-state index contributed by atoms with van der Waals surface area (Å²) < 4.78 is 7.10. The largest absolute Gasteiger partial charge is 0.383 e. The summed E-state index contributed by atoms with van der Waals surface area (Å²) in [4.78, 5) is 26.5. The number of nitrogens with zero attached hydrogens (tertiary/aromatic N) is 4. The highest BCUT2D eigenvalue weighted by atomic mass is 35.5. The van der Waals surface area contributed by atoms with E-state index in [9.17, 15) is 4.79 Å². The fraction of sp³-hybridized carbons (Fsp3) is 0.444. The number of benzene rings is 1. The molecule has 1 aliphatic heterocycles. The molecule has 0 saturated carbocycles. The van der Waals surface area contributed by atoms with Gasteiger partial charge >= 0.3 is 0 Å². The number of methoxy groups -OCH3 is 1. The molecule has 3 aromatic heterocycles. The molecule has 4 heterocycles. The van der Waals surface area contributed by atoms with Crippen LogP contribution >= 0.6 is 11.6 Å². The summed E-state index contributed by atoms with van der Waals surface area (Å²) in [5.41, 5.74) is 5.32. The van der Waals surface area contributed by atoms with Gasteiger partial charge in [-0.25, -0.2) is 4.98 Å². The van der Waals surface area contributed by atoms with Crippen LogP contribution in [-0.4, -0.2) is 69.0 Å². The first-order valence-electron chi connectivity index (χ1n) is 12.8. The molecular formula is C27H34ClN7O2. The van der Waals surface area contributed by atoms with Crippen molar-refractivity contribution < 1.29 is 4.74 Å². The first-order chi connectivity index (χ1) is 17.9. The number of nitrogens with one attached hydrogen (secondary N) is 3. The van der Waals surface area contributed by atoms with Gasteiger partial charge in [0.25, 0.3) is 5.56 Å². The topological polar surface area (TPSA) is 104 Å². The van der Waals surface area contributed by atoms with Crippen molar-refractivity contribution in [3.05, 3.63) is 63.3 Å². The summed E-state index contributed by atoms with van der Waals surface area (Å²) in [5.74, 6) is 1.07. The fourth-order valence-corrected chi connectivity index (χ4v) is 5.48. The van der Waals surface area contributed by atoms with Gasteiger partial charge in [-0.1, -0.05) is 17.7 Å². The molecule has 196 valence electrons. The Morgan fingerprint density at radius 1 is 1.30 bits per heavy atom. The summed E-state index contributed by atoms with van der Waals surface area (Å²) >= 11 is 5.96. The van der Waals surface area contributed by atoms with Crippen LogP contribution in [0.4, 0.5) is 5.69 Å². The molecule has 5 rings (SSSR count). The quantitative estimate of drug-likeness (QED) is 0.300. The van der Waals surface area contributed by atoms with E-state index >= 15 is 0 Å². The van der Waals surface area contributed by atoms with Gasteiger partial charge in [0.2, 0.25) is 0 Å². The average Bonchev–Trinajstić information content (AvgIpc) is 3.50. The molecule has 4 aromatic rings. The van der Waals surface area contributed by atoms with Crippen LogP contribution in [-0.2, 0) is 11.3 Å². The normalized spacial score (nSPS) is 15.9. The zero-order valence-corrected chi connectivity index (χ0v) is 22.3. The summed E-state index contributed by atoms with van der Waals surface area (Å²) in [6.07, 6.45) is 7.26. The minimum atomic E-state index is -0.193. The molecular weight excluding hydrogens is 490 g/mol. The van der Waals surface area contributed by atoms with E-state index in [0.717, 1.165) is 54.8 Å². The van der Waals surface area contributed by atoms with Crippen LogP contribution in [0.25, 0.3) is 22.4 Å². The minimum absolute atomic E-state index is 0.193. The maximum Gasteiger partial charge on any atom is 0.261 e. The van der Waals surface area contributed by atoms with Crippen LogP contribution < -0.4 is 10.9 Å². The van der Waals surface area contributed by atoms with Crippen LogP contribution in [0.3, 0.4) is 0 Å². The summed E-state index contributed by atoms with van der Waals surface area (Å²) in [7, 11) is 1.76. The molecule has 0 amide bonds. The Balaban J connectivity index is 1.36. The number of imidazole rings is 1. The number of aromatic amines is 2. The number of fused-ring (bicyclic) bond motifs is 1. The van der Waals surface area contributed by atoms with E-state index in [4.69, 9.17) is 21.3 Å². The Labute approximate surface area is 221 Å². The van der Waals surface area contributed by atoms with Crippen LogP contribution in [0, 0.1) is 6.92 Å². The second kappa shape index (κ2) is 11.1. The summed E-state index contributed by atoms with van der Waals surface area (Å²) in [5, 5.41) is 8.16. The van der Waals surface area contributed by atoms with Crippen molar-refractivity contribution in [2.45, 2.75) is 45.2 Å². The summed E-state index contributed by atoms with van der Waals surface area (Å²) in [6, 6.07) is 6.77. The third-order valence-electron chi connectivity index (χ3n) is 7.29. The van der Waals surface area contributed by atoms with Gasteiger partial charge in [-0.3, -0.25) is 14.4 Å². The average molecular weight is 524 g/mol. The predicted octanol–water partition coefficient (Wildman–Crippen LogP) is 4.40. The second-order valence-electron chi connectivity index (χ2n) is 9.88.